The molecule has 1 saturated carbocycles. The standard InChI is InChI=1S/C25H33FN2O8/c1-4-33-25(32)34-12-19-20(29)21(30)22(31)24(35-19)36-23-17(10-15-9-8-13(2)18(26)11-15)14(3)28(27-23)16-6-5-7-16/h8-9,11,16,19-22,24,29-31H,4-7,10,12H2,1-3H3/t19-,20-,21+,22-,24+/m1/s1. The van der Waals surface area contributed by atoms with Crippen LogP contribution in [0.4, 0.5) is 9.18 Å². The number of aromatic nitrogens is 2. The number of benzene rings is 1. The molecule has 2 aliphatic rings. The van der Waals surface area contributed by atoms with E-state index in [0.717, 1.165) is 30.5 Å². The van der Waals surface area contributed by atoms with Crippen molar-refractivity contribution in [3.8, 4) is 5.88 Å². The molecule has 3 N–H and O–H groups in total. The second-order valence-electron chi connectivity index (χ2n) is 9.29. The number of carbonyl (C=O) groups excluding carboxylic acids is 1. The van der Waals surface area contributed by atoms with Gasteiger partial charge in [0.1, 0.15) is 36.8 Å². The lowest BCUT2D eigenvalue weighted by molar-refractivity contribution is -0.278. The molecule has 0 unspecified atom stereocenters. The molecule has 1 saturated heterocycles. The first-order valence-electron chi connectivity index (χ1n) is 12.2. The van der Waals surface area contributed by atoms with E-state index < -0.39 is 43.5 Å². The molecule has 11 heteroatoms. The first kappa shape index (κ1) is 26.3. The van der Waals surface area contributed by atoms with Gasteiger partial charge in [-0.1, -0.05) is 12.1 Å². The number of aryl methyl sites for hydroxylation is 1. The van der Waals surface area contributed by atoms with Crippen LogP contribution in [-0.4, -0.2) is 75.2 Å². The smallest absolute Gasteiger partial charge is 0.443 e. The molecule has 1 aliphatic heterocycles. The zero-order valence-corrected chi connectivity index (χ0v) is 20.6. The normalized spacial score (nSPS) is 26.4. The maximum absolute atomic E-state index is 14.2. The van der Waals surface area contributed by atoms with Crippen LogP contribution < -0.4 is 4.74 Å². The van der Waals surface area contributed by atoms with Crippen molar-refractivity contribution >= 4 is 6.16 Å². The van der Waals surface area contributed by atoms with Crippen molar-refractivity contribution < 1.29 is 43.5 Å². The van der Waals surface area contributed by atoms with Gasteiger partial charge in [0.2, 0.25) is 12.2 Å². The summed E-state index contributed by atoms with van der Waals surface area (Å²) >= 11 is 0. The van der Waals surface area contributed by atoms with E-state index in [0.29, 0.717) is 17.5 Å². The second kappa shape index (κ2) is 11.1. The molecule has 1 aromatic heterocycles. The minimum Gasteiger partial charge on any atom is -0.443 e. The molecule has 4 rings (SSSR count). The summed E-state index contributed by atoms with van der Waals surface area (Å²) in [5, 5.41) is 35.9. The predicted molar refractivity (Wildman–Crippen MR) is 124 cm³/mol. The molecule has 10 nitrogen and oxygen atoms in total. The first-order valence-corrected chi connectivity index (χ1v) is 12.2. The Balaban J connectivity index is 1.57. The predicted octanol–water partition coefficient (Wildman–Crippen LogP) is 2.31. The van der Waals surface area contributed by atoms with Crippen LogP contribution in [0.1, 0.15) is 54.6 Å². The third kappa shape index (κ3) is 5.49. The Hall–Kier alpha value is -2.73. The average molecular weight is 509 g/mol. The van der Waals surface area contributed by atoms with Crippen molar-refractivity contribution in [2.75, 3.05) is 13.2 Å². The molecule has 1 aromatic carbocycles. The topological polar surface area (TPSA) is 132 Å². The molecule has 2 fully saturated rings. The summed E-state index contributed by atoms with van der Waals surface area (Å²) in [4.78, 5) is 11.5. The van der Waals surface area contributed by atoms with Crippen LogP contribution in [0.15, 0.2) is 18.2 Å². The molecule has 2 heterocycles. The van der Waals surface area contributed by atoms with Gasteiger partial charge in [0.05, 0.1) is 12.6 Å². The first-order chi connectivity index (χ1) is 17.2. The fraction of sp³-hybridized carbons (Fsp3) is 0.600. The quantitative estimate of drug-likeness (QED) is 0.460. The van der Waals surface area contributed by atoms with Crippen LogP contribution in [0.5, 0.6) is 5.88 Å². The molecule has 2 aromatic rings. The van der Waals surface area contributed by atoms with Crippen LogP contribution in [0, 0.1) is 19.7 Å². The van der Waals surface area contributed by atoms with Crippen molar-refractivity contribution in [1.29, 1.82) is 0 Å². The fourth-order valence-corrected chi connectivity index (χ4v) is 4.33. The SMILES string of the molecule is CCOC(=O)OC[C@H]1O[C@@H](Oc2nn(C3CCC3)c(C)c2Cc2ccc(C)c(F)c2)[C@H](O)[C@@H](O)[C@@H]1O. The summed E-state index contributed by atoms with van der Waals surface area (Å²) in [7, 11) is 0. The Morgan fingerprint density at radius 3 is 2.56 bits per heavy atom. The number of hydrogen-bond acceptors (Lipinski definition) is 9. The monoisotopic (exact) mass is 508 g/mol. The lowest BCUT2D eigenvalue weighted by atomic mass is 9.93. The van der Waals surface area contributed by atoms with Gasteiger partial charge in [-0.15, -0.1) is 5.10 Å². The van der Waals surface area contributed by atoms with Crippen molar-refractivity contribution in [3.63, 3.8) is 0 Å². The van der Waals surface area contributed by atoms with E-state index in [-0.39, 0.29) is 24.3 Å². The maximum atomic E-state index is 14.2. The van der Waals surface area contributed by atoms with Gasteiger partial charge in [-0.3, -0.25) is 4.68 Å². The average Bonchev–Trinajstić information content (AvgIpc) is 3.09. The Labute approximate surface area is 208 Å². The number of carbonyl (C=O) groups is 1. The Kier molecular flexibility index (Phi) is 8.13. The van der Waals surface area contributed by atoms with Crippen molar-refractivity contribution in [3.05, 3.63) is 46.4 Å². The maximum Gasteiger partial charge on any atom is 0.508 e. The van der Waals surface area contributed by atoms with E-state index in [4.69, 9.17) is 18.9 Å². The lowest BCUT2D eigenvalue weighted by Crippen LogP contribution is -2.60. The zero-order valence-electron chi connectivity index (χ0n) is 20.6. The molecule has 36 heavy (non-hydrogen) atoms. The lowest BCUT2D eigenvalue weighted by Gasteiger charge is -2.39. The molecule has 0 spiro atoms. The highest BCUT2D eigenvalue weighted by atomic mass is 19.1. The number of nitrogens with zero attached hydrogens (tertiary/aromatic N) is 2. The van der Waals surface area contributed by atoms with Crippen LogP contribution in [-0.2, 0) is 20.6 Å². The Morgan fingerprint density at radius 2 is 1.92 bits per heavy atom. The largest absolute Gasteiger partial charge is 0.508 e. The highest BCUT2D eigenvalue weighted by molar-refractivity contribution is 5.59. The molecule has 198 valence electrons. The molecule has 1 aliphatic carbocycles. The Morgan fingerprint density at radius 1 is 1.17 bits per heavy atom. The summed E-state index contributed by atoms with van der Waals surface area (Å²) in [5.74, 6) is -0.135. The van der Waals surface area contributed by atoms with Crippen molar-refractivity contribution in [2.45, 2.75) is 83.2 Å². The summed E-state index contributed by atoms with van der Waals surface area (Å²) in [5.41, 5.74) is 2.81. The number of ether oxygens (including phenoxy) is 4. The van der Waals surface area contributed by atoms with Crippen LogP contribution in [0.2, 0.25) is 0 Å². The summed E-state index contributed by atoms with van der Waals surface area (Å²) in [6.07, 6.45) is -4.92. The summed E-state index contributed by atoms with van der Waals surface area (Å²) < 4.78 is 37.4. The number of hydrogen-bond donors (Lipinski definition) is 3. The molecule has 5 atom stereocenters. The summed E-state index contributed by atoms with van der Waals surface area (Å²) in [6.45, 7) is 4.90. The molecule has 0 radical (unpaired) electrons. The highest BCUT2D eigenvalue weighted by Gasteiger charge is 2.46. The van der Waals surface area contributed by atoms with Gasteiger partial charge in [-0.2, -0.15) is 0 Å². The number of halogens is 1. The highest BCUT2D eigenvalue weighted by Crippen LogP contribution is 2.37. The number of rotatable bonds is 8. The van der Waals surface area contributed by atoms with Crippen LogP contribution in [0.25, 0.3) is 0 Å². The van der Waals surface area contributed by atoms with Gasteiger partial charge in [0.15, 0.2) is 0 Å². The molecule has 0 bridgehead atoms. The molecular weight excluding hydrogens is 475 g/mol. The van der Waals surface area contributed by atoms with E-state index >= 15 is 0 Å². The summed E-state index contributed by atoms with van der Waals surface area (Å²) in [6, 6.07) is 5.22. The zero-order chi connectivity index (χ0) is 26.0. The minimum absolute atomic E-state index is 0.108. The van der Waals surface area contributed by atoms with Crippen molar-refractivity contribution in [1.82, 2.24) is 9.78 Å². The van der Waals surface area contributed by atoms with Gasteiger partial charge < -0.3 is 34.3 Å². The van der Waals surface area contributed by atoms with Gasteiger partial charge >= 0.3 is 6.16 Å². The van der Waals surface area contributed by atoms with Crippen molar-refractivity contribution in [2.24, 2.45) is 0 Å². The Bertz CT molecular complexity index is 1070. The number of aliphatic hydroxyl groups excluding tert-OH is 3. The van der Waals surface area contributed by atoms with E-state index in [1.54, 1.807) is 19.9 Å². The number of aliphatic hydroxyl groups is 3. The van der Waals surface area contributed by atoms with Crippen LogP contribution in [0.3, 0.4) is 0 Å². The van der Waals surface area contributed by atoms with Crippen LogP contribution >= 0.6 is 0 Å². The second-order valence-corrected chi connectivity index (χ2v) is 9.29. The van der Waals surface area contributed by atoms with Gasteiger partial charge in [0, 0.05) is 17.7 Å². The third-order valence-electron chi connectivity index (χ3n) is 6.80. The van der Waals surface area contributed by atoms with Gasteiger partial charge in [-0.25, -0.2) is 9.18 Å². The van der Waals surface area contributed by atoms with E-state index in [2.05, 4.69) is 5.10 Å². The molecular formula is C25H33FN2O8. The van der Waals surface area contributed by atoms with E-state index in [9.17, 15) is 24.5 Å². The van der Waals surface area contributed by atoms with E-state index in [1.165, 1.54) is 6.07 Å². The molecule has 0 amide bonds. The van der Waals surface area contributed by atoms with Gasteiger partial charge in [0.25, 0.3) is 0 Å². The van der Waals surface area contributed by atoms with E-state index in [1.807, 2.05) is 17.7 Å². The third-order valence-corrected chi connectivity index (χ3v) is 6.80. The van der Waals surface area contributed by atoms with Gasteiger partial charge in [-0.05, 0) is 57.2 Å². The minimum atomic E-state index is -1.62. The fourth-order valence-electron chi connectivity index (χ4n) is 4.33.